The monoisotopic (exact) mass is 467 g/mol. The number of amides is 1. The minimum Gasteiger partial charge on any atom is -0.350 e. The van der Waals surface area contributed by atoms with Crippen LogP contribution in [0.4, 0.5) is 0 Å². The quantitative estimate of drug-likeness (QED) is 0.221. The van der Waals surface area contributed by atoms with E-state index < -0.39 is 5.25 Å². The number of allylic oxidation sites excluding steroid dienone is 1. The van der Waals surface area contributed by atoms with Gasteiger partial charge in [0.15, 0.2) is 5.16 Å². The number of carbonyl (C=O) groups excluding carboxylic acids is 1. The molecular weight excluding hydrogens is 446 g/mol. The van der Waals surface area contributed by atoms with Crippen LogP contribution in [-0.2, 0) is 17.9 Å². The first kappa shape index (κ1) is 21.5. The third-order valence-electron chi connectivity index (χ3n) is 4.65. The Kier molecular flexibility index (Phi) is 6.70. The maximum Gasteiger partial charge on any atom is 0.263 e. The molecule has 31 heavy (non-hydrogen) atoms. The molecule has 0 saturated heterocycles. The summed E-state index contributed by atoms with van der Waals surface area (Å²) in [5.74, 6) is -0.0888. The highest BCUT2D eigenvalue weighted by atomic mass is 32.2. The van der Waals surface area contributed by atoms with Crippen molar-refractivity contribution >= 4 is 50.6 Å². The number of nitrogens with one attached hydrogen (secondary N) is 1. The predicted molar refractivity (Wildman–Crippen MR) is 131 cm³/mol. The van der Waals surface area contributed by atoms with E-state index in [1.165, 1.54) is 23.1 Å². The molecule has 1 amide bonds. The number of thioether (sulfide) groups is 1. The standard InChI is InChI=1S/C23H21N3O2S3/c1-3-11-26-22(28)18-13-19(16-8-5-4-6-9-16)31-21(18)25-23(26)30-15(2)20(27)24-14-17-10-7-12-29-17/h3-10,12-13,15H,1,11,14H2,2H3,(H,24,27). The summed E-state index contributed by atoms with van der Waals surface area (Å²) in [5.41, 5.74) is 0.938. The molecule has 3 aromatic heterocycles. The molecule has 0 saturated carbocycles. The van der Waals surface area contributed by atoms with Crippen LogP contribution in [0.5, 0.6) is 0 Å². The number of rotatable bonds is 8. The van der Waals surface area contributed by atoms with Gasteiger partial charge in [0.25, 0.3) is 5.56 Å². The van der Waals surface area contributed by atoms with E-state index >= 15 is 0 Å². The number of benzene rings is 1. The van der Waals surface area contributed by atoms with E-state index in [1.807, 2.05) is 60.8 Å². The second-order valence-corrected chi connectivity index (χ2v) is 10.2. The SMILES string of the molecule is C=CCn1c(SC(C)C(=O)NCc2cccs2)nc2sc(-c3ccccc3)cc2c1=O. The summed E-state index contributed by atoms with van der Waals surface area (Å²) in [7, 11) is 0. The van der Waals surface area contributed by atoms with Gasteiger partial charge in [-0.25, -0.2) is 4.98 Å². The van der Waals surface area contributed by atoms with Crippen LogP contribution < -0.4 is 10.9 Å². The van der Waals surface area contributed by atoms with Crippen molar-refractivity contribution in [3.63, 3.8) is 0 Å². The van der Waals surface area contributed by atoms with Crippen molar-refractivity contribution < 1.29 is 4.79 Å². The lowest BCUT2D eigenvalue weighted by atomic mass is 10.2. The molecular formula is C23H21N3O2S3. The zero-order valence-electron chi connectivity index (χ0n) is 16.9. The van der Waals surface area contributed by atoms with Crippen molar-refractivity contribution in [3.8, 4) is 10.4 Å². The van der Waals surface area contributed by atoms with Crippen molar-refractivity contribution in [1.82, 2.24) is 14.9 Å². The van der Waals surface area contributed by atoms with Gasteiger partial charge in [0.1, 0.15) is 4.83 Å². The lowest BCUT2D eigenvalue weighted by Crippen LogP contribution is -2.31. The Bertz CT molecular complexity index is 1260. The summed E-state index contributed by atoms with van der Waals surface area (Å²) in [5, 5.41) is 5.65. The minimum absolute atomic E-state index is 0.0888. The van der Waals surface area contributed by atoms with E-state index in [-0.39, 0.29) is 11.5 Å². The Hall–Kier alpha value is -2.68. The Morgan fingerprint density at radius 3 is 2.81 bits per heavy atom. The van der Waals surface area contributed by atoms with Crippen molar-refractivity contribution in [2.24, 2.45) is 0 Å². The van der Waals surface area contributed by atoms with Crippen LogP contribution in [0.25, 0.3) is 20.7 Å². The predicted octanol–water partition coefficient (Wildman–Crippen LogP) is 5.17. The Balaban J connectivity index is 1.62. The fourth-order valence-corrected chi connectivity index (χ4v) is 5.73. The lowest BCUT2D eigenvalue weighted by molar-refractivity contribution is -0.120. The average molecular weight is 468 g/mol. The van der Waals surface area contributed by atoms with Gasteiger partial charge >= 0.3 is 0 Å². The second kappa shape index (κ2) is 9.64. The summed E-state index contributed by atoms with van der Waals surface area (Å²) in [6.45, 7) is 6.43. The van der Waals surface area contributed by atoms with Crippen LogP contribution >= 0.6 is 34.4 Å². The molecule has 158 valence electrons. The first-order valence-electron chi connectivity index (χ1n) is 9.74. The summed E-state index contributed by atoms with van der Waals surface area (Å²) < 4.78 is 1.59. The van der Waals surface area contributed by atoms with Gasteiger partial charge in [0, 0.05) is 16.3 Å². The molecule has 1 unspecified atom stereocenters. The van der Waals surface area contributed by atoms with Crippen molar-refractivity contribution in [2.75, 3.05) is 0 Å². The van der Waals surface area contributed by atoms with Gasteiger partial charge in [-0.1, -0.05) is 54.2 Å². The molecule has 0 bridgehead atoms. The second-order valence-electron chi connectivity index (χ2n) is 6.85. The van der Waals surface area contributed by atoms with Gasteiger partial charge in [-0.2, -0.15) is 0 Å². The topological polar surface area (TPSA) is 64.0 Å². The Morgan fingerprint density at radius 2 is 2.10 bits per heavy atom. The molecule has 0 spiro atoms. The average Bonchev–Trinajstić information content (AvgIpc) is 3.45. The number of hydrogen-bond acceptors (Lipinski definition) is 6. The molecule has 0 fully saturated rings. The lowest BCUT2D eigenvalue weighted by Gasteiger charge is -2.14. The van der Waals surface area contributed by atoms with Gasteiger partial charge < -0.3 is 5.32 Å². The van der Waals surface area contributed by atoms with E-state index in [2.05, 4.69) is 11.9 Å². The maximum atomic E-state index is 13.2. The molecule has 1 aromatic carbocycles. The molecule has 0 aliphatic heterocycles. The number of aromatic nitrogens is 2. The van der Waals surface area contributed by atoms with Gasteiger partial charge in [-0.05, 0) is 30.0 Å². The molecule has 0 aliphatic carbocycles. The van der Waals surface area contributed by atoms with E-state index in [9.17, 15) is 9.59 Å². The summed E-state index contributed by atoms with van der Waals surface area (Å²) >= 11 is 4.38. The van der Waals surface area contributed by atoms with Gasteiger partial charge in [0.2, 0.25) is 5.91 Å². The highest BCUT2D eigenvalue weighted by Crippen LogP contribution is 2.32. The molecule has 8 heteroatoms. The van der Waals surface area contributed by atoms with Crippen LogP contribution in [0.3, 0.4) is 0 Å². The van der Waals surface area contributed by atoms with Crippen LogP contribution in [0, 0.1) is 0 Å². The highest BCUT2D eigenvalue weighted by molar-refractivity contribution is 8.00. The van der Waals surface area contributed by atoms with Crippen molar-refractivity contribution in [3.05, 3.63) is 81.8 Å². The molecule has 0 radical (unpaired) electrons. The molecule has 4 rings (SSSR count). The smallest absolute Gasteiger partial charge is 0.263 e. The van der Waals surface area contributed by atoms with Crippen LogP contribution in [0.15, 0.2) is 76.5 Å². The third kappa shape index (κ3) is 4.81. The van der Waals surface area contributed by atoms with Crippen molar-refractivity contribution in [1.29, 1.82) is 0 Å². The fourth-order valence-electron chi connectivity index (χ4n) is 3.06. The number of nitrogens with zero attached hydrogens (tertiary/aromatic N) is 2. The first-order valence-corrected chi connectivity index (χ1v) is 12.3. The van der Waals surface area contributed by atoms with E-state index in [0.717, 1.165) is 15.3 Å². The molecule has 1 atom stereocenters. The zero-order chi connectivity index (χ0) is 21.8. The first-order chi connectivity index (χ1) is 15.1. The van der Waals surface area contributed by atoms with Crippen LogP contribution in [-0.4, -0.2) is 20.7 Å². The molecule has 0 aliphatic rings. The Labute approximate surface area is 192 Å². The molecule has 1 N–H and O–H groups in total. The van der Waals surface area contributed by atoms with Crippen molar-refractivity contribution in [2.45, 2.75) is 30.4 Å². The largest absolute Gasteiger partial charge is 0.350 e. The summed E-state index contributed by atoms with van der Waals surface area (Å²) in [6, 6.07) is 15.8. The highest BCUT2D eigenvalue weighted by Gasteiger charge is 2.20. The Morgan fingerprint density at radius 1 is 1.29 bits per heavy atom. The number of hydrogen-bond donors (Lipinski definition) is 1. The van der Waals surface area contributed by atoms with E-state index in [1.54, 1.807) is 22.0 Å². The van der Waals surface area contributed by atoms with Crippen LogP contribution in [0.2, 0.25) is 0 Å². The van der Waals surface area contributed by atoms with Gasteiger partial charge in [-0.3, -0.25) is 14.2 Å². The third-order valence-corrected chi connectivity index (χ3v) is 7.70. The summed E-state index contributed by atoms with van der Waals surface area (Å²) in [4.78, 5) is 33.3. The van der Waals surface area contributed by atoms with E-state index in [0.29, 0.717) is 28.5 Å². The zero-order valence-corrected chi connectivity index (χ0v) is 19.4. The molecule has 3 heterocycles. The maximum absolute atomic E-state index is 13.2. The summed E-state index contributed by atoms with van der Waals surface area (Å²) in [6.07, 6.45) is 1.67. The molecule has 4 aromatic rings. The number of carbonyl (C=O) groups is 1. The normalized spacial score (nSPS) is 12.0. The number of thiophene rings is 2. The van der Waals surface area contributed by atoms with Gasteiger partial charge in [-0.15, -0.1) is 29.3 Å². The van der Waals surface area contributed by atoms with Gasteiger partial charge in [0.05, 0.1) is 17.2 Å². The minimum atomic E-state index is -0.395. The van der Waals surface area contributed by atoms with E-state index in [4.69, 9.17) is 4.98 Å². The fraction of sp³-hybridized carbons (Fsp3) is 0.174. The number of fused-ring (bicyclic) bond motifs is 1. The van der Waals surface area contributed by atoms with Crippen LogP contribution in [0.1, 0.15) is 11.8 Å². The molecule has 5 nitrogen and oxygen atoms in total.